The minimum atomic E-state index is -1.17. The SMILES string of the molecule is Cc1nn(CCCO)c(=O)n1-c1ccc(N2CCN(c3ccc(OC[C@@H]4CO[C@@](Cn5cncn5)(c5ccc(Cl)cc5Cl)O4)cc3)CC2)cc1. The predicted octanol–water partition coefficient (Wildman–Crippen LogP) is 4.30. The molecule has 2 saturated heterocycles. The summed E-state index contributed by atoms with van der Waals surface area (Å²) in [7, 11) is 0. The van der Waals surface area contributed by atoms with Crippen LogP contribution in [0.25, 0.3) is 5.69 Å². The largest absolute Gasteiger partial charge is 0.491 e. The molecule has 0 aliphatic carbocycles. The number of hydrogen-bond donors (Lipinski definition) is 1. The van der Waals surface area contributed by atoms with Crippen molar-refractivity contribution in [1.29, 1.82) is 0 Å². The van der Waals surface area contributed by atoms with Crippen LogP contribution in [0.4, 0.5) is 11.4 Å². The molecule has 50 heavy (non-hydrogen) atoms. The number of aryl methyl sites for hydroxylation is 2. The van der Waals surface area contributed by atoms with Crippen LogP contribution in [0.5, 0.6) is 5.75 Å². The second kappa shape index (κ2) is 14.8. The van der Waals surface area contributed by atoms with Gasteiger partial charge in [0.1, 0.15) is 43.5 Å². The zero-order valence-corrected chi connectivity index (χ0v) is 29.1. The van der Waals surface area contributed by atoms with Crippen LogP contribution < -0.4 is 20.2 Å². The normalized spacial score (nSPS) is 19.3. The Hall–Kier alpha value is -4.40. The number of piperazine rings is 1. The van der Waals surface area contributed by atoms with Crippen LogP contribution in [-0.4, -0.2) is 86.3 Å². The third kappa shape index (κ3) is 7.23. The first-order valence-corrected chi connectivity index (χ1v) is 17.3. The van der Waals surface area contributed by atoms with Gasteiger partial charge in [0.15, 0.2) is 0 Å². The van der Waals surface area contributed by atoms with Gasteiger partial charge in [0.05, 0.1) is 17.3 Å². The number of benzene rings is 3. The van der Waals surface area contributed by atoms with Crippen LogP contribution in [-0.2, 0) is 28.4 Å². The molecule has 5 aromatic rings. The molecule has 1 N–H and O–H groups in total. The van der Waals surface area contributed by atoms with Gasteiger partial charge in [-0.2, -0.15) is 10.2 Å². The number of ether oxygens (including phenoxy) is 3. The number of aliphatic hydroxyl groups is 1. The molecule has 0 saturated carbocycles. The molecule has 3 aromatic carbocycles. The summed E-state index contributed by atoms with van der Waals surface area (Å²) in [5.74, 6) is 0.191. The number of rotatable bonds is 12. The van der Waals surface area contributed by atoms with Crippen molar-refractivity contribution in [1.82, 2.24) is 29.1 Å². The van der Waals surface area contributed by atoms with Gasteiger partial charge in [-0.05, 0) is 74.0 Å². The smallest absolute Gasteiger partial charge is 0.350 e. The molecule has 2 aliphatic heterocycles. The molecule has 0 radical (unpaired) electrons. The first-order valence-electron chi connectivity index (χ1n) is 16.5. The van der Waals surface area contributed by atoms with Crippen molar-refractivity contribution in [2.75, 3.05) is 55.8 Å². The number of halogens is 2. The molecule has 13 nitrogen and oxygen atoms in total. The molecule has 262 valence electrons. The molecule has 0 spiro atoms. The Balaban J connectivity index is 0.925. The van der Waals surface area contributed by atoms with E-state index in [0.29, 0.717) is 47.6 Å². The number of aromatic nitrogens is 6. The van der Waals surface area contributed by atoms with Crippen molar-refractivity contribution in [2.45, 2.75) is 38.3 Å². The third-order valence-electron chi connectivity index (χ3n) is 8.96. The molecule has 7 rings (SSSR count). The van der Waals surface area contributed by atoms with Gasteiger partial charge in [-0.3, -0.25) is 0 Å². The van der Waals surface area contributed by atoms with Gasteiger partial charge < -0.3 is 29.1 Å². The van der Waals surface area contributed by atoms with E-state index in [-0.39, 0.29) is 24.9 Å². The monoisotopic (exact) mass is 720 g/mol. The van der Waals surface area contributed by atoms with Gasteiger partial charge in [-0.25, -0.2) is 23.7 Å². The first kappa shape index (κ1) is 34.1. The molecular weight excluding hydrogens is 683 g/mol. The lowest BCUT2D eigenvalue weighted by Gasteiger charge is -2.37. The summed E-state index contributed by atoms with van der Waals surface area (Å²) in [6, 6.07) is 21.4. The summed E-state index contributed by atoms with van der Waals surface area (Å²) in [5.41, 5.74) is 3.48. The molecule has 0 amide bonds. The Labute approximate surface area is 299 Å². The van der Waals surface area contributed by atoms with E-state index >= 15 is 0 Å². The van der Waals surface area contributed by atoms with Crippen LogP contribution in [0.2, 0.25) is 10.0 Å². The average Bonchev–Trinajstić information content (AvgIpc) is 3.86. The molecule has 4 heterocycles. The fourth-order valence-electron chi connectivity index (χ4n) is 6.44. The van der Waals surface area contributed by atoms with E-state index in [4.69, 9.17) is 42.5 Å². The second-order valence-corrected chi connectivity index (χ2v) is 13.1. The van der Waals surface area contributed by atoms with Gasteiger partial charge >= 0.3 is 5.69 Å². The van der Waals surface area contributed by atoms with E-state index in [1.807, 2.05) is 37.3 Å². The number of hydrogen-bond acceptors (Lipinski definition) is 10. The van der Waals surface area contributed by atoms with Gasteiger partial charge in [0.25, 0.3) is 0 Å². The van der Waals surface area contributed by atoms with E-state index in [2.05, 4.69) is 49.2 Å². The van der Waals surface area contributed by atoms with Gasteiger partial charge in [-0.1, -0.05) is 29.3 Å². The zero-order chi connectivity index (χ0) is 34.7. The summed E-state index contributed by atoms with van der Waals surface area (Å²) in [4.78, 5) is 21.6. The average molecular weight is 722 g/mol. The van der Waals surface area contributed by atoms with E-state index in [0.717, 1.165) is 49.0 Å². The standard InChI is InChI=1S/C35H38Cl2N8O5/c1-25-40-44(13-2-18-46)34(47)45(25)29-6-4-27(5-7-29)41-14-16-42(17-15-41)28-8-10-30(11-9-28)48-20-31-21-49-35(50-31,22-43-24-38-23-39-43)32-12-3-26(36)19-33(32)37/h3-12,19,23-24,31,46H,2,13-18,20-22H2,1H3/t31-,35-/m1/s1. The molecule has 0 bridgehead atoms. The van der Waals surface area contributed by atoms with Gasteiger partial charge in [0.2, 0.25) is 5.79 Å². The molecule has 2 aromatic heterocycles. The molecule has 0 unspecified atom stereocenters. The van der Waals surface area contributed by atoms with Gasteiger partial charge in [0, 0.05) is 61.3 Å². The molecule has 2 atom stereocenters. The van der Waals surface area contributed by atoms with Crippen molar-refractivity contribution in [3.8, 4) is 11.4 Å². The van der Waals surface area contributed by atoms with E-state index < -0.39 is 5.79 Å². The zero-order valence-electron chi connectivity index (χ0n) is 27.6. The summed E-state index contributed by atoms with van der Waals surface area (Å²) < 4.78 is 23.5. The highest BCUT2D eigenvalue weighted by atomic mass is 35.5. The van der Waals surface area contributed by atoms with Gasteiger partial charge in [-0.15, -0.1) is 0 Å². The van der Waals surface area contributed by atoms with Crippen LogP contribution >= 0.6 is 23.2 Å². The van der Waals surface area contributed by atoms with Crippen molar-refractivity contribution >= 4 is 34.6 Å². The maximum absolute atomic E-state index is 12.8. The van der Waals surface area contributed by atoms with E-state index in [1.54, 1.807) is 27.7 Å². The summed E-state index contributed by atoms with van der Waals surface area (Å²) in [6.07, 6.45) is 3.21. The van der Waals surface area contributed by atoms with Crippen LogP contribution in [0.15, 0.2) is 84.2 Å². The Morgan fingerprint density at radius 2 is 1.64 bits per heavy atom. The quantitative estimate of drug-likeness (QED) is 0.200. The third-order valence-corrected chi connectivity index (χ3v) is 9.51. The highest BCUT2D eigenvalue weighted by Gasteiger charge is 2.45. The summed E-state index contributed by atoms with van der Waals surface area (Å²) in [6.45, 7) is 6.55. The number of aliphatic hydroxyl groups excluding tert-OH is 1. The number of anilines is 2. The van der Waals surface area contributed by atoms with Crippen LogP contribution in [0.3, 0.4) is 0 Å². The highest BCUT2D eigenvalue weighted by Crippen LogP contribution is 2.40. The summed E-state index contributed by atoms with van der Waals surface area (Å²) >= 11 is 12.7. The maximum Gasteiger partial charge on any atom is 0.350 e. The Bertz CT molecular complexity index is 1940. The Morgan fingerprint density at radius 3 is 2.28 bits per heavy atom. The molecule has 2 aliphatic rings. The Kier molecular flexibility index (Phi) is 10.1. The summed E-state index contributed by atoms with van der Waals surface area (Å²) in [5, 5.41) is 18.7. The van der Waals surface area contributed by atoms with Crippen LogP contribution in [0.1, 0.15) is 17.8 Å². The number of nitrogens with zero attached hydrogens (tertiary/aromatic N) is 8. The maximum atomic E-state index is 12.8. The lowest BCUT2D eigenvalue weighted by atomic mass is 10.1. The second-order valence-electron chi connectivity index (χ2n) is 12.3. The fraction of sp³-hybridized carbons (Fsp3) is 0.371. The fourth-order valence-corrected chi connectivity index (χ4v) is 6.99. The minimum Gasteiger partial charge on any atom is -0.491 e. The molecule has 2 fully saturated rings. The van der Waals surface area contributed by atoms with Crippen LogP contribution in [0, 0.1) is 6.92 Å². The van der Waals surface area contributed by atoms with Crippen molar-refractivity contribution in [3.63, 3.8) is 0 Å². The lowest BCUT2D eigenvalue weighted by Crippen LogP contribution is -2.46. The first-order chi connectivity index (χ1) is 24.3. The van der Waals surface area contributed by atoms with Crippen molar-refractivity contribution in [2.24, 2.45) is 0 Å². The highest BCUT2D eigenvalue weighted by molar-refractivity contribution is 6.35. The van der Waals surface area contributed by atoms with E-state index in [9.17, 15) is 4.79 Å². The topological polar surface area (TPSA) is 125 Å². The van der Waals surface area contributed by atoms with Crippen molar-refractivity contribution < 1.29 is 19.3 Å². The molecule has 15 heteroatoms. The van der Waals surface area contributed by atoms with E-state index in [1.165, 1.54) is 11.0 Å². The molecular formula is C35H38Cl2N8O5. The lowest BCUT2D eigenvalue weighted by molar-refractivity contribution is -0.190. The minimum absolute atomic E-state index is 0.0179. The Morgan fingerprint density at radius 1 is 0.960 bits per heavy atom. The van der Waals surface area contributed by atoms with Crippen molar-refractivity contribution in [3.05, 3.63) is 111 Å². The predicted molar refractivity (Wildman–Crippen MR) is 190 cm³/mol.